The first-order chi connectivity index (χ1) is 9.16. The maximum atomic E-state index is 10.6. The van der Waals surface area contributed by atoms with Crippen molar-refractivity contribution < 1.29 is 9.90 Å². The van der Waals surface area contributed by atoms with Crippen LogP contribution >= 0.6 is 15.9 Å². The van der Waals surface area contributed by atoms with Gasteiger partial charge >= 0.3 is 0 Å². The normalized spacial score (nSPS) is 10.6. The van der Waals surface area contributed by atoms with E-state index in [0.29, 0.717) is 5.69 Å². The number of carboxylic acids is 1. The maximum Gasteiger partial charge on any atom is 0.0715 e. The third-order valence-corrected chi connectivity index (χ3v) is 3.15. The fourth-order valence-electron chi connectivity index (χ4n) is 1.44. The molecule has 0 aliphatic heterocycles. The summed E-state index contributed by atoms with van der Waals surface area (Å²) in [7, 11) is 0. The van der Waals surface area contributed by atoms with E-state index in [2.05, 4.69) is 26.5 Å². The summed E-state index contributed by atoms with van der Waals surface area (Å²) in [4.78, 5) is 10.6. The number of hydrogen-bond acceptors (Lipinski definition) is 4. The molecule has 0 atom stereocenters. The summed E-state index contributed by atoms with van der Waals surface area (Å²) in [5, 5.41) is 14.7. The monoisotopic (exact) mass is 317 g/mol. The predicted molar refractivity (Wildman–Crippen MR) is 76.1 cm³/mol. The number of nitrogens with zero attached hydrogens (tertiary/aromatic N) is 1. The zero-order valence-corrected chi connectivity index (χ0v) is 11.4. The first-order valence-corrected chi connectivity index (χ1v) is 6.31. The van der Waals surface area contributed by atoms with Crippen LogP contribution < -0.4 is 10.5 Å². The molecule has 0 amide bonds. The second-order valence-electron chi connectivity index (χ2n) is 3.76. The summed E-state index contributed by atoms with van der Waals surface area (Å²) in [5.41, 5.74) is 4.61. The third-order valence-electron chi connectivity index (χ3n) is 2.42. The standard InChI is InChI=1S/C14H11BrN2O2/c15-13-4-2-1-3-11(13)9-16-17-12-7-5-10(6-8-12)14(18)19/h1-9,17H,(H,18,19)/p-1/b16-9-. The number of benzene rings is 2. The molecule has 0 saturated carbocycles. The summed E-state index contributed by atoms with van der Waals surface area (Å²) in [5.74, 6) is -1.19. The number of carbonyl (C=O) groups is 1. The van der Waals surface area contributed by atoms with Crippen LogP contribution in [0, 0.1) is 0 Å². The van der Waals surface area contributed by atoms with E-state index in [1.165, 1.54) is 12.1 Å². The zero-order chi connectivity index (χ0) is 13.7. The Labute approximate surface area is 118 Å². The smallest absolute Gasteiger partial charge is 0.0715 e. The van der Waals surface area contributed by atoms with E-state index in [1.807, 2.05) is 24.3 Å². The molecule has 0 spiro atoms. The molecule has 0 aliphatic carbocycles. The zero-order valence-electron chi connectivity index (χ0n) is 9.84. The van der Waals surface area contributed by atoms with Crippen molar-refractivity contribution in [3.63, 3.8) is 0 Å². The summed E-state index contributed by atoms with van der Waals surface area (Å²) in [6.45, 7) is 0. The molecule has 4 nitrogen and oxygen atoms in total. The third kappa shape index (κ3) is 3.66. The molecule has 0 saturated heterocycles. The molecule has 0 radical (unpaired) electrons. The van der Waals surface area contributed by atoms with Gasteiger partial charge in [-0.25, -0.2) is 0 Å². The van der Waals surface area contributed by atoms with Crippen LogP contribution in [0.25, 0.3) is 0 Å². The topological polar surface area (TPSA) is 64.5 Å². The van der Waals surface area contributed by atoms with Crippen molar-refractivity contribution in [3.8, 4) is 0 Å². The van der Waals surface area contributed by atoms with E-state index < -0.39 is 5.97 Å². The average molecular weight is 318 g/mol. The van der Waals surface area contributed by atoms with Gasteiger partial charge in [0.2, 0.25) is 0 Å². The lowest BCUT2D eigenvalue weighted by molar-refractivity contribution is -0.255. The Kier molecular flexibility index (Phi) is 4.30. The van der Waals surface area contributed by atoms with Crippen LogP contribution in [0.5, 0.6) is 0 Å². The highest BCUT2D eigenvalue weighted by Crippen LogP contribution is 2.14. The molecule has 1 N–H and O–H groups in total. The van der Waals surface area contributed by atoms with Crippen molar-refractivity contribution >= 4 is 33.8 Å². The van der Waals surface area contributed by atoms with Gasteiger partial charge in [-0.15, -0.1) is 0 Å². The van der Waals surface area contributed by atoms with Crippen LogP contribution in [0.3, 0.4) is 0 Å². The van der Waals surface area contributed by atoms with Crippen LogP contribution in [0.15, 0.2) is 58.1 Å². The van der Waals surface area contributed by atoms with Crippen LogP contribution in [0.4, 0.5) is 5.69 Å². The highest BCUT2D eigenvalue weighted by molar-refractivity contribution is 9.10. The van der Waals surface area contributed by atoms with Gasteiger partial charge in [0.05, 0.1) is 17.9 Å². The molecular formula is C14H10BrN2O2-. The first-order valence-electron chi connectivity index (χ1n) is 5.52. The Morgan fingerprint density at radius 3 is 2.47 bits per heavy atom. The average Bonchev–Trinajstić information content (AvgIpc) is 2.41. The lowest BCUT2D eigenvalue weighted by Crippen LogP contribution is -2.21. The number of anilines is 1. The summed E-state index contributed by atoms with van der Waals surface area (Å²) >= 11 is 3.42. The van der Waals surface area contributed by atoms with Crippen LogP contribution in [0.2, 0.25) is 0 Å². The van der Waals surface area contributed by atoms with Gasteiger partial charge in [-0.05, 0) is 23.8 Å². The molecule has 0 fully saturated rings. The number of aromatic carboxylic acids is 1. The number of rotatable bonds is 4. The van der Waals surface area contributed by atoms with E-state index in [-0.39, 0.29) is 5.56 Å². The molecule has 2 aromatic carbocycles. The molecule has 0 bridgehead atoms. The Balaban J connectivity index is 2.03. The number of carbonyl (C=O) groups excluding carboxylic acids is 1. The first kappa shape index (κ1) is 13.3. The van der Waals surface area contributed by atoms with Crippen LogP contribution in [0.1, 0.15) is 15.9 Å². The van der Waals surface area contributed by atoms with E-state index in [9.17, 15) is 9.90 Å². The van der Waals surface area contributed by atoms with E-state index >= 15 is 0 Å². The fourth-order valence-corrected chi connectivity index (χ4v) is 1.82. The van der Waals surface area contributed by atoms with Gasteiger partial charge in [-0.2, -0.15) is 5.10 Å². The SMILES string of the molecule is O=C([O-])c1ccc(N/N=C\c2ccccc2Br)cc1. The second kappa shape index (κ2) is 6.15. The Hall–Kier alpha value is -2.14. The number of hydrazone groups is 1. The molecule has 0 heterocycles. The molecule has 2 rings (SSSR count). The van der Waals surface area contributed by atoms with Crippen molar-refractivity contribution in [2.24, 2.45) is 5.10 Å². The van der Waals surface area contributed by atoms with Gasteiger partial charge in [0.1, 0.15) is 0 Å². The number of hydrogen-bond donors (Lipinski definition) is 1. The van der Waals surface area contributed by atoms with E-state index in [4.69, 9.17) is 0 Å². The number of nitrogens with one attached hydrogen (secondary N) is 1. The number of carboxylic acid groups (broad SMARTS) is 1. The molecule has 96 valence electrons. The minimum Gasteiger partial charge on any atom is -0.545 e. The minimum absolute atomic E-state index is 0.139. The Morgan fingerprint density at radius 1 is 1.16 bits per heavy atom. The number of halogens is 1. The van der Waals surface area contributed by atoms with E-state index in [0.717, 1.165) is 10.0 Å². The predicted octanol–water partition coefficient (Wildman–Crippen LogP) is 2.26. The van der Waals surface area contributed by atoms with Gasteiger partial charge in [0, 0.05) is 10.0 Å². The molecule has 5 heteroatoms. The quantitative estimate of drug-likeness (QED) is 0.695. The van der Waals surface area contributed by atoms with Crippen molar-refractivity contribution in [1.82, 2.24) is 0 Å². The minimum atomic E-state index is -1.19. The highest BCUT2D eigenvalue weighted by Gasteiger charge is 1.95. The largest absolute Gasteiger partial charge is 0.545 e. The van der Waals surface area contributed by atoms with Crippen molar-refractivity contribution in [3.05, 3.63) is 64.1 Å². The fraction of sp³-hybridized carbons (Fsp3) is 0. The molecule has 0 unspecified atom stereocenters. The van der Waals surface area contributed by atoms with Gasteiger partial charge < -0.3 is 9.90 Å². The van der Waals surface area contributed by atoms with Crippen LogP contribution in [-0.2, 0) is 0 Å². The van der Waals surface area contributed by atoms with Gasteiger partial charge in [0.15, 0.2) is 0 Å². The molecule has 2 aromatic rings. The van der Waals surface area contributed by atoms with Crippen molar-refractivity contribution in [2.75, 3.05) is 5.43 Å². The second-order valence-corrected chi connectivity index (χ2v) is 4.61. The lowest BCUT2D eigenvalue weighted by Gasteiger charge is -2.04. The van der Waals surface area contributed by atoms with Crippen LogP contribution in [-0.4, -0.2) is 12.2 Å². The summed E-state index contributed by atoms with van der Waals surface area (Å²) < 4.78 is 0.952. The lowest BCUT2D eigenvalue weighted by atomic mass is 10.2. The van der Waals surface area contributed by atoms with Gasteiger partial charge in [-0.1, -0.05) is 46.3 Å². The Morgan fingerprint density at radius 2 is 1.84 bits per heavy atom. The van der Waals surface area contributed by atoms with E-state index in [1.54, 1.807) is 18.3 Å². The molecule has 19 heavy (non-hydrogen) atoms. The molecular weight excluding hydrogens is 308 g/mol. The van der Waals surface area contributed by atoms with Crippen molar-refractivity contribution in [2.45, 2.75) is 0 Å². The maximum absolute atomic E-state index is 10.6. The van der Waals surface area contributed by atoms with Crippen molar-refractivity contribution in [1.29, 1.82) is 0 Å². The highest BCUT2D eigenvalue weighted by atomic mass is 79.9. The van der Waals surface area contributed by atoms with Gasteiger partial charge in [-0.3, -0.25) is 5.43 Å². The molecule has 0 aliphatic rings. The van der Waals surface area contributed by atoms with Gasteiger partial charge in [0.25, 0.3) is 0 Å². The Bertz CT molecular complexity index is 609. The summed E-state index contributed by atoms with van der Waals surface area (Å²) in [6, 6.07) is 13.9. The summed E-state index contributed by atoms with van der Waals surface area (Å²) in [6.07, 6.45) is 1.68. The molecule has 0 aromatic heterocycles.